The molecule has 1 aromatic heterocycles. The number of benzene rings is 2. The number of amides is 1. The van der Waals surface area contributed by atoms with Gasteiger partial charge in [-0.15, -0.1) is 0 Å². The molecular formula is C23H21N3O3. The molecule has 0 bridgehead atoms. The molecule has 0 unspecified atom stereocenters. The van der Waals surface area contributed by atoms with Crippen molar-refractivity contribution < 1.29 is 9.72 Å². The van der Waals surface area contributed by atoms with Gasteiger partial charge < -0.3 is 9.88 Å². The van der Waals surface area contributed by atoms with E-state index in [0.29, 0.717) is 13.1 Å². The number of aromatic amines is 1. The van der Waals surface area contributed by atoms with Crippen LogP contribution in [0.15, 0.2) is 60.8 Å². The van der Waals surface area contributed by atoms with Crippen LogP contribution in [0.2, 0.25) is 0 Å². The highest BCUT2D eigenvalue weighted by atomic mass is 16.6. The normalized spacial score (nSPS) is 14.4. The molecule has 0 fully saturated rings. The largest absolute Gasteiger partial charge is 0.360 e. The zero-order valence-corrected chi connectivity index (χ0v) is 16.1. The summed E-state index contributed by atoms with van der Waals surface area (Å²) >= 11 is 0. The first-order chi connectivity index (χ1) is 14.0. The van der Waals surface area contributed by atoms with E-state index in [-0.39, 0.29) is 11.6 Å². The van der Waals surface area contributed by atoms with Gasteiger partial charge in [-0.3, -0.25) is 14.9 Å². The Morgan fingerprint density at radius 1 is 1.21 bits per heavy atom. The van der Waals surface area contributed by atoms with E-state index in [4.69, 9.17) is 0 Å². The van der Waals surface area contributed by atoms with Crippen LogP contribution in [0.5, 0.6) is 0 Å². The van der Waals surface area contributed by atoms with E-state index in [0.717, 1.165) is 17.5 Å². The predicted octanol–water partition coefficient (Wildman–Crippen LogP) is 4.71. The highest BCUT2D eigenvalue weighted by molar-refractivity contribution is 5.95. The topological polar surface area (TPSA) is 79.2 Å². The van der Waals surface area contributed by atoms with Gasteiger partial charge in [-0.1, -0.05) is 24.3 Å². The van der Waals surface area contributed by atoms with Gasteiger partial charge in [-0.25, -0.2) is 0 Å². The number of para-hydroxylation sites is 1. The minimum atomic E-state index is -0.439. The Morgan fingerprint density at radius 2 is 2.00 bits per heavy atom. The first kappa shape index (κ1) is 18.7. The van der Waals surface area contributed by atoms with Gasteiger partial charge in [0.1, 0.15) is 0 Å². The number of non-ortho nitro benzene ring substituents is 1. The molecular weight excluding hydrogens is 366 g/mol. The van der Waals surface area contributed by atoms with E-state index >= 15 is 0 Å². The summed E-state index contributed by atoms with van der Waals surface area (Å²) in [4.78, 5) is 27.9. The summed E-state index contributed by atoms with van der Waals surface area (Å²) in [7, 11) is 0. The summed E-state index contributed by atoms with van der Waals surface area (Å²) in [5, 5.41) is 11.9. The minimum Gasteiger partial charge on any atom is -0.360 e. The fourth-order valence-corrected chi connectivity index (χ4v) is 3.67. The van der Waals surface area contributed by atoms with Gasteiger partial charge >= 0.3 is 0 Å². The molecule has 0 spiro atoms. The van der Waals surface area contributed by atoms with Crippen LogP contribution >= 0.6 is 0 Å². The maximum atomic E-state index is 12.5. The molecule has 0 aliphatic carbocycles. The molecule has 6 nitrogen and oxygen atoms in total. The summed E-state index contributed by atoms with van der Waals surface area (Å²) in [6, 6.07) is 12.4. The van der Waals surface area contributed by atoms with Crippen LogP contribution in [0.4, 0.5) is 5.69 Å². The number of aryl methyl sites for hydroxylation is 1. The predicted molar refractivity (Wildman–Crippen MR) is 114 cm³/mol. The Kier molecular flexibility index (Phi) is 4.99. The van der Waals surface area contributed by atoms with Crippen molar-refractivity contribution in [3.63, 3.8) is 0 Å². The third-order valence-corrected chi connectivity index (χ3v) is 5.31. The molecule has 146 valence electrons. The number of nitro benzene ring substituents is 1. The van der Waals surface area contributed by atoms with Crippen molar-refractivity contribution in [1.29, 1.82) is 0 Å². The second-order valence-corrected chi connectivity index (χ2v) is 7.15. The Labute approximate surface area is 168 Å². The highest BCUT2D eigenvalue weighted by Gasteiger charge is 2.18. The zero-order chi connectivity index (χ0) is 20.4. The van der Waals surface area contributed by atoms with Crippen molar-refractivity contribution in [2.75, 3.05) is 13.1 Å². The van der Waals surface area contributed by atoms with Gasteiger partial charge in [0.05, 0.1) is 4.92 Å². The number of nitro groups is 1. The molecule has 2 aromatic carbocycles. The van der Waals surface area contributed by atoms with Crippen LogP contribution in [0.25, 0.3) is 22.6 Å². The van der Waals surface area contributed by atoms with E-state index in [9.17, 15) is 14.9 Å². The van der Waals surface area contributed by atoms with Crippen molar-refractivity contribution in [3.8, 4) is 0 Å². The monoisotopic (exact) mass is 387 g/mol. The first-order valence-electron chi connectivity index (χ1n) is 9.50. The number of H-pyrrole nitrogens is 1. The van der Waals surface area contributed by atoms with Crippen LogP contribution in [-0.4, -0.2) is 33.8 Å². The fourth-order valence-electron chi connectivity index (χ4n) is 3.67. The Balaban J connectivity index is 1.44. The van der Waals surface area contributed by atoms with Crippen molar-refractivity contribution >= 4 is 34.1 Å². The first-order valence-corrected chi connectivity index (χ1v) is 9.50. The lowest BCUT2D eigenvalue weighted by atomic mass is 9.98. The molecule has 2 heterocycles. The van der Waals surface area contributed by atoms with Gasteiger partial charge in [0.15, 0.2) is 0 Å². The third kappa shape index (κ3) is 3.82. The van der Waals surface area contributed by atoms with Crippen LogP contribution in [0.1, 0.15) is 23.1 Å². The van der Waals surface area contributed by atoms with E-state index in [2.05, 4.69) is 42.4 Å². The second-order valence-electron chi connectivity index (χ2n) is 7.15. The maximum absolute atomic E-state index is 12.5. The summed E-state index contributed by atoms with van der Waals surface area (Å²) in [5.41, 5.74) is 5.63. The van der Waals surface area contributed by atoms with Gasteiger partial charge in [0.25, 0.3) is 5.69 Å². The molecule has 4 rings (SSSR count). The molecule has 1 amide bonds. The SMILES string of the molecule is Cc1cccc2c(C3=CCN(C(=O)/C=C/c4ccc([N+](=O)[O-])cc4)CC3)c[nH]c12. The summed E-state index contributed by atoms with van der Waals surface area (Å²) < 4.78 is 0. The quantitative estimate of drug-likeness (QED) is 0.400. The van der Waals surface area contributed by atoms with E-state index in [1.165, 1.54) is 40.3 Å². The third-order valence-electron chi connectivity index (χ3n) is 5.31. The number of carbonyl (C=O) groups is 1. The molecule has 0 atom stereocenters. The number of aromatic nitrogens is 1. The maximum Gasteiger partial charge on any atom is 0.269 e. The van der Waals surface area contributed by atoms with Gasteiger partial charge in [0.2, 0.25) is 5.91 Å². The molecule has 3 aromatic rings. The smallest absolute Gasteiger partial charge is 0.269 e. The number of hydrogen-bond donors (Lipinski definition) is 1. The lowest BCUT2D eigenvalue weighted by molar-refractivity contribution is -0.384. The molecule has 1 aliphatic rings. The summed E-state index contributed by atoms with van der Waals surface area (Å²) in [5.74, 6) is -0.0616. The van der Waals surface area contributed by atoms with E-state index in [1.807, 2.05) is 0 Å². The lowest BCUT2D eigenvalue weighted by Crippen LogP contribution is -2.33. The molecule has 6 heteroatoms. The van der Waals surface area contributed by atoms with Crippen molar-refractivity contribution in [2.24, 2.45) is 0 Å². The fraction of sp³-hybridized carbons (Fsp3) is 0.174. The summed E-state index contributed by atoms with van der Waals surface area (Å²) in [6.07, 6.45) is 8.18. The van der Waals surface area contributed by atoms with Gasteiger partial charge in [-0.2, -0.15) is 0 Å². The Morgan fingerprint density at radius 3 is 2.69 bits per heavy atom. The Hall–Kier alpha value is -3.67. The molecule has 29 heavy (non-hydrogen) atoms. The molecule has 1 aliphatic heterocycles. The highest BCUT2D eigenvalue weighted by Crippen LogP contribution is 2.30. The number of fused-ring (bicyclic) bond motifs is 1. The van der Waals surface area contributed by atoms with E-state index < -0.39 is 4.92 Å². The zero-order valence-electron chi connectivity index (χ0n) is 16.1. The minimum absolute atomic E-state index is 0.0367. The molecule has 0 saturated heterocycles. The standard InChI is InChI=1S/C23H21N3O3/c1-16-3-2-4-20-21(15-24-23(16)20)18-11-13-25(14-12-18)22(27)10-7-17-5-8-19(9-6-17)26(28)29/h2-11,15,24H,12-14H2,1H3/b10-7+. The Bertz CT molecular complexity index is 1140. The number of nitrogens with zero attached hydrogens (tertiary/aromatic N) is 2. The van der Waals surface area contributed by atoms with E-state index in [1.54, 1.807) is 23.1 Å². The van der Waals surface area contributed by atoms with Crippen LogP contribution < -0.4 is 0 Å². The number of rotatable bonds is 4. The number of nitrogens with one attached hydrogen (secondary N) is 1. The average Bonchev–Trinajstić information content (AvgIpc) is 3.18. The average molecular weight is 387 g/mol. The number of hydrogen-bond acceptors (Lipinski definition) is 3. The molecule has 1 N–H and O–H groups in total. The van der Waals surface area contributed by atoms with Crippen molar-refractivity contribution in [1.82, 2.24) is 9.88 Å². The summed E-state index contributed by atoms with van der Waals surface area (Å²) in [6.45, 7) is 3.32. The van der Waals surface area contributed by atoms with Crippen LogP contribution in [0, 0.1) is 17.0 Å². The molecule has 0 saturated carbocycles. The van der Waals surface area contributed by atoms with Crippen molar-refractivity contribution in [2.45, 2.75) is 13.3 Å². The van der Waals surface area contributed by atoms with Gasteiger partial charge in [-0.05, 0) is 48.3 Å². The lowest BCUT2D eigenvalue weighted by Gasteiger charge is -2.25. The van der Waals surface area contributed by atoms with Gasteiger partial charge in [0, 0.05) is 54.0 Å². The van der Waals surface area contributed by atoms with Crippen LogP contribution in [-0.2, 0) is 4.79 Å². The number of carbonyl (C=O) groups excluding carboxylic acids is 1. The molecule has 0 radical (unpaired) electrons. The van der Waals surface area contributed by atoms with Crippen molar-refractivity contribution in [3.05, 3.63) is 87.6 Å². The van der Waals surface area contributed by atoms with Crippen LogP contribution in [0.3, 0.4) is 0 Å². The second kappa shape index (κ2) is 7.75.